The Kier molecular flexibility index (Phi) is 5.20. The molecule has 0 unspecified atom stereocenters. The van der Waals surface area contributed by atoms with Gasteiger partial charge < -0.3 is 4.74 Å². The van der Waals surface area contributed by atoms with Crippen molar-refractivity contribution in [3.05, 3.63) is 69.0 Å². The van der Waals surface area contributed by atoms with Gasteiger partial charge in [-0.25, -0.2) is 9.48 Å². The number of nitrogens with zero attached hydrogens (tertiary/aromatic N) is 3. The van der Waals surface area contributed by atoms with E-state index in [9.17, 15) is 19.7 Å². The number of hydrogen-bond acceptors (Lipinski definition) is 6. The van der Waals surface area contributed by atoms with E-state index in [0.717, 1.165) is 4.68 Å². The second-order valence-corrected chi connectivity index (χ2v) is 4.74. The summed E-state index contributed by atoms with van der Waals surface area (Å²) in [4.78, 5) is 34.4. The molecule has 2 rings (SSSR count). The summed E-state index contributed by atoms with van der Waals surface area (Å²) in [5.41, 5.74) is 0.0585. The van der Waals surface area contributed by atoms with Crippen LogP contribution in [0.1, 0.15) is 17.3 Å². The minimum atomic E-state index is -0.745. The summed E-state index contributed by atoms with van der Waals surface area (Å²) < 4.78 is 5.98. The molecular weight excluding hydrogens is 314 g/mol. The van der Waals surface area contributed by atoms with Crippen LogP contribution in [0.5, 0.6) is 0 Å². The van der Waals surface area contributed by atoms with Crippen LogP contribution in [0.25, 0.3) is 11.3 Å². The van der Waals surface area contributed by atoms with E-state index in [4.69, 9.17) is 4.74 Å². The molecule has 1 aromatic heterocycles. The highest BCUT2D eigenvalue weighted by atomic mass is 16.6. The number of ether oxygens (including phenoxy) is 1. The quantitative estimate of drug-likeness (QED) is 0.348. The predicted octanol–water partition coefficient (Wildman–Crippen LogP) is 2.18. The molecule has 0 saturated carbocycles. The number of rotatable bonds is 6. The van der Waals surface area contributed by atoms with Crippen LogP contribution in [-0.2, 0) is 11.3 Å². The number of allylic oxidation sites excluding steroid dienone is 1. The van der Waals surface area contributed by atoms with Crippen molar-refractivity contribution in [3.63, 3.8) is 0 Å². The third-order valence-electron chi connectivity index (χ3n) is 3.15. The molecule has 0 saturated heterocycles. The number of nitro benzene ring substituents is 1. The number of aromatic nitrogens is 2. The van der Waals surface area contributed by atoms with E-state index in [2.05, 4.69) is 11.7 Å². The molecule has 1 heterocycles. The maximum Gasteiger partial charge on any atom is 0.343 e. The Morgan fingerprint density at radius 2 is 2.08 bits per heavy atom. The van der Waals surface area contributed by atoms with Gasteiger partial charge in [-0.1, -0.05) is 6.08 Å². The average Bonchev–Trinajstić information content (AvgIpc) is 2.57. The van der Waals surface area contributed by atoms with Crippen LogP contribution in [0, 0.1) is 10.1 Å². The van der Waals surface area contributed by atoms with Gasteiger partial charge >= 0.3 is 5.97 Å². The van der Waals surface area contributed by atoms with Crippen molar-refractivity contribution >= 4 is 11.7 Å². The third kappa shape index (κ3) is 3.54. The monoisotopic (exact) mass is 329 g/mol. The Hall–Kier alpha value is -3.29. The first-order chi connectivity index (χ1) is 11.5. The second kappa shape index (κ2) is 7.32. The lowest BCUT2D eigenvalue weighted by Crippen LogP contribution is -2.29. The van der Waals surface area contributed by atoms with Gasteiger partial charge in [-0.3, -0.25) is 14.9 Å². The zero-order valence-electron chi connectivity index (χ0n) is 13.0. The van der Waals surface area contributed by atoms with Crippen molar-refractivity contribution in [3.8, 4) is 11.3 Å². The first-order valence-electron chi connectivity index (χ1n) is 7.13. The number of benzene rings is 1. The van der Waals surface area contributed by atoms with E-state index in [0.29, 0.717) is 11.3 Å². The molecule has 0 aliphatic carbocycles. The Labute approximate surface area is 137 Å². The number of hydrogen-bond donors (Lipinski definition) is 0. The lowest BCUT2D eigenvalue weighted by molar-refractivity contribution is -0.384. The van der Waals surface area contributed by atoms with Crippen molar-refractivity contribution in [1.82, 2.24) is 9.78 Å². The summed E-state index contributed by atoms with van der Waals surface area (Å²) in [5.74, 6) is -0.745. The molecule has 8 nitrogen and oxygen atoms in total. The molecule has 0 aliphatic rings. The molecule has 0 spiro atoms. The third-order valence-corrected chi connectivity index (χ3v) is 3.15. The second-order valence-electron chi connectivity index (χ2n) is 4.74. The zero-order chi connectivity index (χ0) is 17.7. The van der Waals surface area contributed by atoms with E-state index in [1.165, 1.54) is 36.4 Å². The van der Waals surface area contributed by atoms with Gasteiger partial charge in [0.1, 0.15) is 5.56 Å². The summed E-state index contributed by atoms with van der Waals surface area (Å²) in [5, 5.41) is 14.9. The lowest BCUT2D eigenvalue weighted by Gasteiger charge is -2.09. The van der Waals surface area contributed by atoms with Gasteiger partial charge in [-0.15, -0.1) is 6.58 Å². The first-order valence-corrected chi connectivity index (χ1v) is 7.13. The molecule has 2 aromatic rings. The highest BCUT2D eigenvalue weighted by Crippen LogP contribution is 2.20. The molecule has 0 aliphatic heterocycles. The van der Waals surface area contributed by atoms with Crippen LogP contribution >= 0.6 is 0 Å². The summed E-state index contributed by atoms with van der Waals surface area (Å²) in [6.07, 6.45) is 1.48. The smallest absolute Gasteiger partial charge is 0.343 e. The molecule has 1 aromatic carbocycles. The molecule has 0 atom stereocenters. The maximum absolute atomic E-state index is 12.3. The Balaban J connectivity index is 2.56. The minimum absolute atomic E-state index is 0.0659. The fraction of sp³-hybridized carbons (Fsp3) is 0.188. The van der Waals surface area contributed by atoms with Crippen molar-refractivity contribution in [1.29, 1.82) is 0 Å². The summed E-state index contributed by atoms with van der Waals surface area (Å²) >= 11 is 0. The fourth-order valence-electron chi connectivity index (χ4n) is 2.04. The Bertz CT molecular complexity index is 840. The van der Waals surface area contributed by atoms with E-state index in [-0.39, 0.29) is 24.4 Å². The summed E-state index contributed by atoms with van der Waals surface area (Å²) in [6.45, 7) is 5.44. The lowest BCUT2D eigenvalue weighted by atomic mass is 10.1. The summed E-state index contributed by atoms with van der Waals surface area (Å²) in [6, 6.07) is 6.96. The van der Waals surface area contributed by atoms with Gasteiger partial charge in [0.25, 0.3) is 11.2 Å². The van der Waals surface area contributed by atoms with Gasteiger partial charge in [0, 0.05) is 17.7 Å². The topological polar surface area (TPSA) is 104 Å². The molecule has 0 N–H and O–H groups in total. The van der Waals surface area contributed by atoms with Crippen LogP contribution in [0.15, 0.2) is 47.8 Å². The maximum atomic E-state index is 12.3. The van der Waals surface area contributed by atoms with Crippen molar-refractivity contribution in [2.24, 2.45) is 0 Å². The van der Waals surface area contributed by atoms with Gasteiger partial charge in [0.05, 0.1) is 23.8 Å². The molecule has 8 heteroatoms. The van der Waals surface area contributed by atoms with E-state index in [1.54, 1.807) is 6.92 Å². The zero-order valence-corrected chi connectivity index (χ0v) is 13.0. The molecule has 0 bridgehead atoms. The average molecular weight is 329 g/mol. The van der Waals surface area contributed by atoms with Crippen LogP contribution in [-0.4, -0.2) is 27.3 Å². The molecule has 124 valence electrons. The predicted molar refractivity (Wildman–Crippen MR) is 86.7 cm³/mol. The van der Waals surface area contributed by atoms with Crippen molar-refractivity contribution in [2.45, 2.75) is 13.5 Å². The van der Waals surface area contributed by atoms with Gasteiger partial charge in [-0.05, 0) is 25.1 Å². The minimum Gasteiger partial charge on any atom is -0.462 e. The standard InChI is InChI=1S/C16H15N3O5/c1-3-9-18-15(20)13(16(21)24-4-2)10-14(17-18)11-5-7-12(8-6-11)19(22)23/h3,5-8,10H,1,4,9H2,2H3. The van der Waals surface area contributed by atoms with Gasteiger partial charge in [0.15, 0.2) is 0 Å². The SMILES string of the molecule is C=CCn1nc(-c2ccc([N+](=O)[O-])cc2)cc(C(=O)OCC)c1=O. The van der Waals surface area contributed by atoms with E-state index in [1.807, 2.05) is 0 Å². The number of carbonyl (C=O) groups excluding carboxylic acids is 1. The number of non-ortho nitro benzene ring substituents is 1. The van der Waals surface area contributed by atoms with Crippen molar-refractivity contribution in [2.75, 3.05) is 6.61 Å². The van der Waals surface area contributed by atoms with E-state index < -0.39 is 16.5 Å². The highest BCUT2D eigenvalue weighted by Gasteiger charge is 2.17. The molecule has 0 radical (unpaired) electrons. The van der Waals surface area contributed by atoms with Crippen LogP contribution in [0.2, 0.25) is 0 Å². The largest absolute Gasteiger partial charge is 0.462 e. The highest BCUT2D eigenvalue weighted by molar-refractivity contribution is 5.90. The van der Waals surface area contributed by atoms with Crippen LogP contribution in [0.3, 0.4) is 0 Å². The van der Waals surface area contributed by atoms with Crippen LogP contribution < -0.4 is 5.56 Å². The molecule has 0 fully saturated rings. The van der Waals surface area contributed by atoms with Gasteiger partial charge in [0.2, 0.25) is 0 Å². The van der Waals surface area contributed by atoms with Crippen molar-refractivity contribution < 1.29 is 14.5 Å². The Morgan fingerprint density at radius 1 is 1.42 bits per heavy atom. The normalized spacial score (nSPS) is 10.2. The fourth-order valence-corrected chi connectivity index (χ4v) is 2.04. The van der Waals surface area contributed by atoms with E-state index >= 15 is 0 Å². The molecular formula is C16H15N3O5. The van der Waals surface area contributed by atoms with Gasteiger partial charge in [-0.2, -0.15) is 5.10 Å². The molecule has 0 amide bonds. The van der Waals surface area contributed by atoms with Crippen LogP contribution in [0.4, 0.5) is 5.69 Å². The first kappa shape index (κ1) is 17.1. The number of nitro groups is 1. The molecule has 24 heavy (non-hydrogen) atoms. The Morgan fingerprint density at radius 3 is 2.62 bits per heavy atom. The number of esters is 1. The number of carbonyl (C=O) groups is 1. The summed E-state index contributed by atoms with van der Waals surface area (Å²) in [7, 11) is 0.